The van der Waals surface area contributed by atoms with Crippen LogP contribution in [0.3, 0.4) is 0 Å². The van der Waals surface area contributed by atoms with E-state index in [0.717, 1.165) is 63.3 Å². The fourth-order valence-electron chi connectivity index (χ4n) is 16.1. The number of nitrogens with one attached hydrogen (secondary N) is 2. The lowest BCUT2D eigenvalue weighted by atomic mass is 9.45. The molecule has 0 aromatic heterocycles. The Morgan fingerprint density at radius 1 is 0.678 bits per heavy atom. The van der Waals surface area contributed by atoms with Crippen LogP contribution in [0.4, 0.5) is 0 Å². The maximum atomic E-state index is 13.7. The third-order valence-electron chi connectivity index (χ3n) is 18.7. The molecule has 0 aromatic rings. The molecule has 12 nitrogen and oxygen atoms in total. The van der Waals surface area contributed by atoms with Crippen molar-refractivity contribution in [2.45, 2.75) is 156 Å². The fraction of sp³-hybridized carbons (Fsp3) is 0.830. The Bertz CT molecular complexity index is 1790. The first-order valence-corrected chi connectivity index (χ1v) is 22.0. The summed E-state index contributed by atoms with van der Waals surface area (Å²) in [6, 6.07) is -0.234. The summed E-state index contributed by atoms with van der Waals surface area (Å²) >= 11 is 0. The van der Waals surface area contributed by atoms with Gasteiger partial charge < -0.3 is 39.4 Å². The number of rotatable bonds is 4. The number of hydrogen-bond donors (Lipinski definition) is 3. The summed E-state index contributed by atoms with van der Waals surface area (Å²) in [5.41, 5.74) is 1.15. The molecule has 0 bridgehead atoms. The first-order chi connectivity index (χ1) is 27.2. The molecule has 328 valence electrons. The number of aliphatic hydroxyl groups is 1. The van der Waals surface area contributed by atoms with Gasteiger partial charge in [-0.05, 0) is 62.2 Å². The molecular weight excluding hydrogens is 753 g/mol. The number of ketones is 2. The Hall–Kier alpha value is -2.48. The number of hydrogen-bond acceptors (Lipinski definition) is 10. The fourth-order valence-corrected chi connectivity index (χ4v) is 16.1. The summed E-state index contributed by atoms with van der Waals surface area (Å²) in [6.45, 7) is 13.2. The van der Waals surface area contributed by atoms with Crippen LogP contribution < -0.4 is 10.6 Å². The van der Waals surface area contributed by atoms with Crippen LogP contribution in [-0.2, 0) is 42.9 Å². The number of Topliss-reactive ketones (excluding diaryl/α,β-unsaturated/α-hetero) is 2. The summed E-state index contributed by atoms with van der Waals surface area (Å²) in [6.07, 6.45) is 13.8. The van der Waals surface area contributed by atoms with Gasteiger partial charge in [-0.3, -0.25) is 19.2 Å². The predicted molar refractivity (Wildman–Crippen MR) is 218 cm³/mol. The molecule has 11 aliphatic rings. The molecule has 2 amide bonds. The lowest BCUT2D eigenvalue weighted by Gasteiger charge is -2.60. The summed E-state index contributed by atoms with van der Waals surface area (Å²) in [5.74, 6) is 0.570. The number of fused-ring (bicyclic) bond motifs is 14. The van der Waals surface area contributed by atoms with Crippen LogP contribution in [-0.4, -0.2) is 97.9 Å². The van der Waals surface area contributed by atoms with E-state index in [-0.39, 0.29) is 84.8 Å². The van der Waals surface area contributed by atoms with Crippen molar-refractivity contribution in [1.82, 2.24) is 10.6 Å². The van der Waals surface area contributed by atoms with Crippen LogP contribution >= 0.6 is 0 Å². The van der Waals surface area contributed by atoms with Crippen molar-refractivity contribution >= 4 is 24.4 Å². The third-order valence-corrected chi connectivity index (χ3v) is 18.7. The smallest absolute Gasteiger partial charge is 0.207 e. The quantitative estimate of drug-likeness (QED) is 0.189. The van der Waals surface area contributed by atoms with Crippen molar-refractivity contribution in [2.24, 2.45) is 63.1 Å². The molecule has 9 fully saturated rings. The molecule has 3 heterocycles. The van der Waals surface area contributed by atoms with Gasteiger partial charge in [0.25, 0.3) is 0 Å². The van der Waals surface area contributed by atoms with E-state index < -0.39 is 23.1 Å². The Morgan fingerprint density at radius 3 is 1.61 bits per heavy atom. The molecule has 0 aromatic carbocycles. The zero-order chi connectivity index (χ0) is 39.9. The zero-order valence-corrected chi connectivity index (χ0v) is 34.3. The van der Waals surface area contributed by atoms with E-state index in [0.29, 0.717) is 69.2 Å². The number of carbonyl (C=O) groups excluding carboxylic acids is 4. The van der Waals surface area contributed by atoms with Gasteiger partial charge in [0.1, 0.15) is 17.7 Å². The molecule has 16 atom stereocenters. The monoisotopic (exact) mass is 823 g/mol. The number of amides is 2. The van der Waals surface area contributed by atoms with Crippen molar-refractivity contribution in [2.75, 3.05) is 26.4 Å². The Balaban J connectivity index is 0.000000159. The molecule has 6 saturated carbocycles. The van der Waals surface area contributed by atoms with Crippen molar-refractivity contribution in [3.8, 4) is 0 Å². The first kappa shape index (κ1) is 43.2. The summed E-state index contributed by atoms with van der Waals surface area (Å²) in [5, 5.41) is 17.1. The van der Waals surface area contributed by atoms with Crippen LogP contribution in [0, 0.1) is 63.1 Å². The lowest BCUT2D eigenvalue weighted by molar-refractivity contribution is -0.240. The van der Waals surface area contributed by atoms with Gasteiger partial charge in [0.05, 0.1) is 50.7 Å². The standard InChI is InChI=1S/C23H33NO5.C22H29NO5.2CH4/c1-13-17(24-12-25)10-14-4-5-15-16-6-7-23(28-8-9-29-23)21(16,2)11-18(26)19(15)22(14,3)20(13)27;1-20-10-16(25)17-13(14(20)5-6-22(20)26-7-8-27-22)4-3-12-9-15(23-11-24)18-19(28-18)21(12,17)2;;/h10,12-13,15-17,19-20,27H,4-9,11H2,1-3H3,(H,24,25);9,11,13-15,17-19H,3-8,10H2,1-2H3,(H,23,24);2*1H4/t13-,15+,16+,17+,19-,20+,21+,22+;13-,14-,15-,17+,18-,19-,20-,21-;;/m10../s1. The van der Waals surface area contributed by atoms with E-state index in [1.165, 1.54) is 5.57 Å². The highest BCUT2D eigenvalue weighted by molar-refractivity contribution is 5.86. The first-order valence-electron chi connectivity index (χ1n) is 22.0. The number of epoxide rings is 1. The minimum atomic E-state index is -0.657. The van der Waals surface area contributed by atoms with Crippen LogP contribution in [0.25, 0.3) is 0 Å². The van der Waals surface area contributed by atoms with Crippen molar-refractivity contribution in [1.29, 1.82) is 0 Å². The molecule has 3 N–H and O–H groups in total. The minimum absolute atomic E-state index is 0. The number of aliphatic hydroxyl groups excluding tert-OH is 1. The van der Waals surface area contributed by atoms with E-state index in [9.17, 15) is 24.3 Å². The van der Waals surface area contributed by atoms with E-state index >= 15 is 0 Å². The molecule has 0 unspecified atom stereocenters. The molecule has 3 saturated heterocycles. The van der Waals surface area contributed by atoms with Gasteiger partial charge in [0, 0.05) is 65.1 Å². The highest BCUT2D eigenvalue weighted by Crippen LogP contribution is 2.71. The van der Waals surface area contributed by atoms with Crippen LogP contribution in [0.15, 0.2) is 23.3 Å². The summed E-state index contributed by atoms with van der Waals surface area (Å²) in [7, 11) is 0. The molecule has 59 heavy (non-hydrogen) atoms. The number of ether oxygens (including phenoxy) is 5. The second-order valence-electron chi connectivity index (χ2n) is 20.6. The molecular formula is C47H70N2O10. The molecule has 2 spiro atoms. The van der Waals surface area contributed by atoms with E-state index in [1.54, 1.807) is 0 Å². The van der Waals surface area contributed by atoms with Crippen LogP contribution in [0.5, 0.6) is 0 Å². The minimum Gasteiger partial charge on any atom is -0.392 e. The lowest BCUT2D eigenvalue weighted by Crippen LogP contribution is -2.63. The zero-order valence-electron chi connectivity index (χ0n) is 34.3. The van der Waals surface area contributed by atoms with Gasteiger partial charge in [-0.25, -0.2) is 0 Å². The van der Waals surface area contributed by atoms with Gasteiger partial charge >= 0.3 is 0 Å². The Morgan fingerprint density at radius 2 is 1.12 bits per heavy atom. The van der Waals surface area contributed by atoms with Gasteiger partial charge in [-0.15, -0.1) is 0 Å². The van der Waals surface area contributed by atoms with Crippen molar-refractivity contribution in [3.05, 3.63) is 23.3 Å². The maximum Gasteiger partial charge on any atom is 0.207 e. The van der Waals surface area contributed by atoms with Crippen molar-refractivity contribution in [3.63, 3.8) is 0 Å². The average Bonchev–Trinajstić information content (AvgIpc) is 3.43. The molecule has 11 rings (SSSR count). The van der Waals surface area contributed by atoms with E-state index in [1.807, 2.05) is 6.92 Å². The second kappa shape index (κ2) is 14.5. The summed E-state index contributed by atoms with van der Waals surface area (Å²) in [4.78, 5) is 49.4. The Kier molecular flexibility index (Phi) is 10.6. The molecule has 12 heteroatoms. The molecule has 0 radical (unpaired) electrons. The SMILES string of the molecule is C.C.C[C@@H]1[C@@H](NC=O)C=C2CC[C@@H]3[C@H](C(=O)C[C@@]4(C)[C@H]3CCC43OCCO3)[C@@]2(C)[C@H]1O.C[C@@]12C(=C[C@H](NC=O)[C@@H]3O[C@@H]31)CC[C@@H]1[C@@H]2C(=O)C[C@@]2(C)[C@H]1CCC21OCCO1. The maximum absolute atomic E-state index is 13.7. The largest absolute Gasteiger partial charge is 0.392 e. The Labute approximate surface area is 350 Å². The van der Waals surface area contributed by atoms with Gasteiger partial charge in [-0.2, -0.15) is 0 Å². The highest BCUT2D eigenvalue weighted by Gasteiger charge is 2.73. The van der Waals surface area contributed by atoms with E-state index in [2.05, 4.69) is 50.5 Å². The second-order valence-corrected chi connectivity index (χ2v) is 20.6. The highest BCUT2D eigenvalue weighted by atomic mass is 16.7. The predicted octanol–water partition coefficient (Wildman–Crippen LogP) is 5.45. The van der Waals surface area contributed by atoms with Gasteiger partial charge in [0.2, 0.25) is 12.8 Å². The van der Waals surface area contributed by atoms with Crippen LogP contribution in [0.1, 0.15) is 114 Å². The molecule has 3 aliphatic heterocycles. The average molecular weight is 823 g/mol. The van der Waals surface area contributed by atoms with Gasteiger partial charge in [0.15, 0.2) is 11.6 Å². The summed E-state index contributed by atoms with van der Waals surface area (Å²) < 4.78 is 30.6. The van der Waals surface area contributed by atoms with E-state index in [4.69, 9.17) is 23.7 Å². The number of carbonyl (C=O) groups is 4. The van der Waals surface area contributed by atoms with Gasteiger partial charge in [-0.1, -0.05) is 72.8 Å². The van der Waals surface area contributed by atoms with Crippen LogP contribution in [0.2, 0.25) is 0 Å². The third kappa shape index (κ3) is 5.53. The normalized spacial score (nSPS) is 49.9. The molecule has 8 aliphatic carbocycles. The van der Waals surface area contributed by atoms with Crippen molar-refractivity contribution < 1.29 is 48.0 Å². The topological polar surface area (TPSA) is 162 Å².